The zero-order valence-electron chi connectivity index (χ0n) is 26.2. The highest BCUT2D eigenvalue weighted by atomic mass is 35.5. The molecule has 2 aliphatic heterocycles. The molecule has 0 radical (unpaired) electrons. The minimum atomic E-state index is -5.32. The number of rotatable bonds is 9. The van der Waals surface area contributed by atoms with E-state index in [2.05, 4.69) is 4.74 Å². The van der Waals surface area contributed by atoms with Crippen molar-refractivity contribution in [2.75, 3.05) is 46.3 Å². The fraction of sp³-hybridized carbons (Fsp3) is 0.355. The second-order valence-electron chi connectivity index (χ2n) is 11.1. The number of hydrogen-bond acceptors (Lipinski definition) is 10. The van der Waals surface area contributed by atoms with Crippen LogP contribution < -0.4 is 23.3 Å². The van der Waals surface area contributed by atoms with Crippen LogP contribution in [-0.2, 0) is 25.2 Å². The summed E-state index contributed by atoms with van der Waals surface area (Å²) in [7, 11) is 1.46. The molecule has 1 unspecified atom stereocenters. The van der Waals surface area contributed by atoms with Crippen LogP contribution in [0, 0.1) is 0 Å². The minimum Gasteiger partial charge on any atom is -0.497 e. The first-order valence-electron chi connectivity index (χ1n) is 14.2. The molecule has 0 aliphatic carbocycles. The van der Waals surface area contributed by atoms with Gasteiger partial charge in [-0.25, -0.2) is 12.7 Å². The molecular formula is C31H31ClF3N3O9S. The van der Waals surface area contributed by atoms with Crippen LogP contribution in [0.4, 0.5) is 18.9 Å². The van der Waals surface area contributed by atoms with E-state index in [1.54, 1.807) is 6.07 Å². The SMILES string of the molecule is COc1ccc(S(=O)(=O)N2C(=O)C(c3c(OC)cccc3OC)(N3C[C@H](O)C[C@H]3C(=O)N(C)C)c3cc(Cl)ccc32)c(OC(F)(F)F)c1. The molecule has 0 aromatic heterocycles. The lowest BCUT2D eigenvalue weighted by Crippen LogP contribution is -2.59. The molecule has 2 aliphatic rings. The average molecular weight is 714 g/mol. The van der Waals surface area contributed by atoms with Gasteiger partial charge < -0.3 is 29.0 Å². The Bertz CT molecular complexity index is 1850. The molecule has 3 aromatic carbocycles. The molecule has 48 heavy (non-hydrogen) atoms. The van der Waals surface area contributed by atoms with E-state index in [1.165, 1.54) is 68.4 Å². The number of carbonyl (C=O) groups is 2. The molecule has 2 heterocycles. The molecule has 0 spiro atoms. The average Bonchev–Trinajstić information content (AvgIpc) is 3.53. The number of hydrogen-bond donors (Lipinski definition) is 1. The van der Waals surface area contributed by atoms with Crippen LogP contribution in [0.1, 0.15) is 17.5 Å². The van der Waals surface area contributed by atoms with Gasteiger partial charge in [-0.2, -0.15) is 0 Å². The first-order valence-corrected chi connectivity index (χ1v) is 16.1. The van der Waals surface area contributed by atoms with Crippen molar-refractivity contribution < 1.29 is 55.2 Å². The van der Waals surface area contributed by atoms with Crippen LogP contribution >= 0.6 is 11.6 Å². The Morgan fingerprint density at radius 1 is 1.00 bits per heavy atom. The van der Waals surface area contributed by atoms with Crippen molar-refractivity contribution in [1.29, 1.82) is 0 Å². The largest absolute Gasteiger partial charge is 0.573 e. The molecular weight excluding hydrogens is 683 g/mol. The maximum Gasteiger partial charge on any atom is 0.573 e. The van der Waals surface area contributed by atoms with Crippen molar-refractivity contribution >= 4 is 39.1 Å². The van der Waals surface area contributed by atoms with Crippen LogP contribution in [0.2, 0.25) is 5.02 Å². The van der Waals surface area contributed by atoms with Crippen molar-refractivity contribution in [3.63, 3.8) is 0 Å². The Kier molecular flexibility index (Phi) is 9.24. The van der Waals surface area contributed by atoms with Gasteiger partial charge in [0.25, 0.3) is 15.9 Å². The van der Waals surface area contributed by atoms with Gasteiger partial charge in [0.15, 0.2) is 11.3 Å². The van der Waals surface area contributed by atoms with E-state index >= 15 is 4.79 Å². The first kappa shape index (κ1) is 35.1. The Morgan fingerprint density at radius 2 is 1.65 bits per heavy atom. The van der Waals surface area contributed by atoms with Crippen LogP contribution in [0.5, 0.6) is 23.0 Å². The van der Waals surface area contributed by atoms with E-state index in [4.69, 9.17) is 25.8 Å². The highest BCUT2D eigenvalue weighted by Crippen LogP contribution is 2.57. The minimum absolute atomic E-state index is 0.0339. The monoisotopic (exact) mass is 713 g/mol. The number of halogens is 4. The van der Waals surface area contributed by atoms with E-state index in [9.17, 15) is 31.5 Å². The summed E-state index contributed by atoms with van der Waals surface area (Å²) in [5.74, 6) is -2.99. The number of ether oxygens (including phenoxy) is 4. The van der Waals surface area contributed by atoms with Crippen molar-refractivity contribution in [3.05, 3.63) is 70.7 Å². The second-order valence-corrected chi connectivity index (χ2v) is 13.3. The predicted octanol–water partition coefficient (Wildman–Crippen LogP) is 3.77. The number of likely N-dealkylation sites (N-methyl/N-ethyl adjacent to an activating group) is 1. The third-order valence-electron chi connectivity index (χ3n) is 8.18. The zero-order chi connectivity index (χ0) is 35.3. The summed E-state index contributed by atoms with van der Waals surface area (Å²) in [5.41, 5.74) is -2.70. The number of methoxy groups -OCH3 is 3. The van der Waals surface area contributed by atoms with Gasteiger partial charge in [0.1, 0.15) is 22.1 Å². The van der Waals surface area contributed by atoms with Gasteiger partial charge in [-0.05, 0) is 48.9 Å². The van der Waals surface area contributed by atoms with Crippen molar-refractivity contribution in [2.24, 2.45) is 0 Å². The molecule has 0 saturated carbocycles. The Morgan fingerprint density at radius 3 is 2.21 bits per heavy atom. The Labute approximate surface area is 279 Å². The van der Waals surface area contributed by atoms with E-state index < -0.39 is 56.5 Å². The second kappa shape index (κ2) is 12.7. The lowest BCUT2D eigenvalue weighted by molar-refractivity contribution is -0.275. The van der Waals surface area contributed by atoms with E-state index in [-0.39, 0.29) is 52.1 Å². The molecule has 258 valence electrons. The maximum absolute atomic E-state index is 15.4. The van der Waals surface area contributed by atoms with Gasteiger partial charge in [-0.15, -0.1) is 13.2 Å². The summed E-state index contributed by atoms with van der Waals surface area (Å²) < 4.78 is 90.7. The maximum atomic E-state index is 15.4. The first-order chi connectivity index (χ1) is 22.5. The standard InChI is InChI=1S/C31H31ClF3N3O9S/c1-36(2)28(40)22-14-18(39)16-37(22)30(27-23(45-4)7-6-8-24(27)46-5)20-13-17(32)9-11-21(20)38(29(30)41)48(42,43)26-12-10-19(44-3)15-25(26)47-31(33,34)35/h6-13,15,18,22,39H,14,16H2,1-5H3/t18-,22+,30?/m1/s1. The molecule has 1 N–H and O–H groups in total. The van der Waals surface area contributed by atoms with Gasteiger partial charge in [0.05, 0.1) is 44.7 Å². The summed E-state index contributed by atoms with van der Waals surface area (Å²) in [4.78, 5) is 30.6. The highest BCUT2D eigenvalue weighted by molar-refractivity contribution is 7.93. The smallest absolute Gasteiger partial charge is 0.497 e. The number of β-amino-alcohol motifs (C(OH)–C–C–N with tert-alkyl or cyclic N) is 1. The molecule has 1 fully saturated rings. The van der Waals surface area contributed by atoms with Gasteiger partial charge in [0, 0.05) is 37.3 Å². The number of sulfonamides is 1. The molecule has 5 rings (SSSR count). The van der Waals surface area contributed by atoms with Gasteiger partial charge in [0.2, 0.25) is 5.91 Å². The molecule has 1 saturated heterocycles. The number of nitrogens with zero attached hydrogens (tertiary/aromatic N) is 3. The van der Waals surface area contributed by atoms with Gasteiger partial charge in [-0.1, -0.05) is 17.7 Å². The molecule has 3 atom stereocenters. The molecule has 0 bridgehead atoms. The molecule has 12 nitrogen and oxygen atoms in total. The van der Waals surface area contributed by atoms with Crippen LogP contribution in [0.15, 0.2) is 59.5 Å². The quantitative estimate of drug-likeness (QED) is 0.349. The number of carbonyl (C=O) groups excluding carboxylic acids is 2. The van der Waals surface area contributed by atoms with Crippen LogP contribution in [0.25, 0.3) is 0 Å². The third kappa shape index (κ3) is 5.65. The van der Waals surface area contributed by atoms with Gasteiger partial charge in [-0.3, -0.25) is 14.5 Å². The molecule has 17 heteroatoms. The Hall–Kier alpha value is -4.25. The summed E-state index contributed by atoms with van der Waals surface area (Å²) in [5, 5.41) is 11.0. The lowest BCUT2D eigenvalue weighted by Gasteiger charge is -2.42. The zero-order valence-corrected chi connectivity index (χ0v) is 27.8. The van der Waals surface area contributed by atoms with Crippen LogP contribution in [0.3, 0.4) is 0 Å². The number of likely N-dealkylation sites (tertiary alicyclic amines) is 1. The third-order valence-corrected chi connectivity index (χ3v) is 10.2. The summed E-state index contributed by atoms with van der Waals surface area (Å²) in [6, 6.07) is 9.81. The van der Waals surface area contributed by atoms with Crippen LogP contribution in [-0.4, -0.2) is 95.6 Å². The molecule has 2 amide bonds. The Balaban J connectivity index is 1.90. The number of aliphatic hydroxyl groups excluding tert-OH is 1. The van der Waals surface area contributed by atoms with E-state index in [0.717, 1.165) is 25.3 Å². The number of anilines is 1. The lowest BCUT2D eigenvalue weighted by atomic mass is 9.80. The van der Waals surface area contributed by atoms with E-state index in [0.29, 0.717) is 4.31 Å². The highest BCUT2D eigenvalue weighted by Gasteiger charge is 2.65. The topological polar surface area (TPSA) is 135 Å². The van der Waals surface area contributed by atoms with Crippen molar-refractivity contribution in [1.82, 2.24) is 9.80 Å². The fourth-order valence-corrected chi connectivity index (χ4v) is 8.04. The number of alkyl halides is 3. The summed E-state index contributed by atoms with van der Waals surface area (Å²) >= 11 is 6.48. The van der Waals surface area contributed by atoms with Crippen molar-refractivity contribution in [2.45, 2.75) is 35.4 Å². The van der Waals surface area contributed by atoms with E-state index in [1.807, 2.05) is 0 Å². The predicted molar refractivity (Wildman–Crippen MR) is 166 cm³/mol. The normalized spacial score (nSPS) is 21.2. The summed E-state index contributed by atoms with van der Waals surface area (Å²) in [6.45, 7) is -0.317. The fourth-order valence-electron chi connectivity index (χ4n) is 6.30. The summed E-state index contributed by atoms with van der Waals surface area (Å²) in [6.07, 6.45) is -6.63. The van der Waals surface area contributed by atoms with Crippen molar-refractivity contribution in [3.8, 4) is 23.0 Å². The van der Waals surface area contributed by atoms with Gasteiger partial charge >= 0.3 is 6.36 Å². The number of fused-ring (bicyclic) bond motifs is 1. The number of aliphatic hydroxyl groups is 1. The number of benzene rings is 3. The number of amides is 2. The molecule has 3 aromatic rings.